The van der Waals surface area contributed by atoms with Gasteiger partial charge in [0.25, 0.3) is 0 Å². The number of hydrogen-bond acceptors (Lipinski definition) is 6. The van der Waals surface area contributed by atoms with E-state index in [-0.39, 0.29) is 22.4 Å². The maximum absolute atomic E-state index is 14.0. The highest BCUT2D eigenvalue weighted by Gasteiger charge is 2.49. The van der Waals surface area contributed by atoms with Crippen LogP contribution in [0.25, 0.3) is 0 Å². The van der Waals surface area contributed by atoms with Crippen LogP contribution in [-0.2, 0) is 20.9 Å². The second kappa shape index (κ2) is 11.8. The van der Waals surface area contributed by atoms with E-state index in [0.29, 0.717) is 44.1 Å². The smallest absolute Gasteiger partial charge is 0.174 e. The van der Waals surface area contributed by atoms with Crippen molar-refractivity contribution in [1.82, 2.24) is 4.90 Å². The molecule has 0 fully saturated rings. The summed E-state index contributed by atoms with van der Waals surface area (Å²) in [5.41, 5.74) is 6.40. The van der Waals surface area contributed by atoms with Gasteiger partial charge in [0.15, 0.2) is 23.1 Å². The normalized spacial score (nSPS) is 20.0. The molecule has 0 atom stereocenters. The van der Waals surface area contributed by atoms with Gasteiger partial charge < -0.3 is 19.1 Å². The Bertz CT molecular complexity index is 1430. The molecule has 3 aliphatic rings. The molecule has 2 aromatic rings. The lowest BCUT2D eigenvalue weighted by Crippen LogP contribution is -2.45. The Hall–Kier alpha value is -2.65. The Kier molecular flexibility index (Phi) is 8.65. The predicted molar refractivity (Wildman–Crippen MR) is 173 cm³/mol. The summed E-state index contributed by atoms with van der Waals surface area (Å²) in [4.78, 5) is 30.3. The lowest BCUT2D eigenvalue weighted by molar-refractivity contribution is -0.119. The SMILES string of the molecule is COCCN1C2=C(C(=O)CC(C)(C)C2)C(c2cc(I)c(OCc3cccc(C)c3)c(OC)c2)C2=C1CC(C)(C)CC2=O. The molecule has 0 bridgehead atoms. The van der Waals surface area contributed by atoms with Crippen LogP contribution in [0.5, 0.6) is 11.5 Å². The molecule has 1 aliphatic heterocycles. The maximum Gasteiger partial charge on any atom is 0.174 e. The standard InChI is InChI=1S/C35H42INO5/c1-21-9-8-10-22(13-21)20-42-33-24(36)14-23(15-29(33)41-7)30-31-25(16-34(2,3)18-27(31)38)37(11-12-40-6)26-17-35(4,5)19-28(39)32(26)30/h8-10,13-15,30H,11-12,16-20H2,1-7H3. The van der Waals surface area contributed by atoms with E-state index >= 15 is 0 Å². The molecule has 0 saturated heterocycles. The topological polar surface area (TPSA) is 65.1 Å². The quantitative estimate of drug-likeness (QED) is 0.269. The first-order valence-electron chi connectivity index (χ1n) is 14.7. The minimum Gasteiger partial charge on any atom is -0.493 e. The first-order valence-corrected chi connectivity index (χ1v) is 15.8. The van der Waals surface area contributed by atoms with E-state index in [4.69, 9.17) is 14.2 Å². The van der Waals surface area contributed by atoms with Crippen molar-refractivity contribution in [1.29, 1.82) is 0 Å². The number of rotatable bonds is 8. The first kappa shape index (κ1) is 30.8. The van der Waals surface area contributed by atoms with Gasteiger partial charge >= 0.3 is 0 Å². The fourth-order valence-electron chi connectivity index (χ4n) is 6.84. The van der Waals surface area contributed by atoms with Crippen molar-refractivity contribution in [3.63, 3.8) is 0 Å². The van der Waals surface area contributed by atoms with Crippen molar-refractivity contribution >= 4 is 34.2 Å². The number of Topliss-reactive ketones (excluding diaryl/α,β-unsaturated/α-hetero) is 2. The monoisotopic (exact) mass is 683 g/mol. The van der Waals surface area contributed by atoms with Crippen LogP contribution in [0.4, 0.5) is 0 Å². The molecule has 0 aromatic heterocycles. The number of halogens is 1. The van der Waals surface area contributed by atoms with Crippen molar-refractivity contribution < 1.29 is 23.8 Å². The van der Waals surface area contributed by atoms with Gasteiger partial charge in [0.2, 0.25) is 0 Å². The number of carbonyl (C=O) groups is 2. The lowest BCUT2D eigenvalue weighted by Gasteiger charge is -2.49. The molecule has 224 valence electrons. The van der Waals surface area contributed by atoms with Crippen molar-refractivity contribution in [2.24, 2.45) is 10.8 Å². The molecule has 7 heteroatoms. The summed E-state index contributed by atoms with van der Waals surface area (Å²) < 4.78 is 18.6. The van der Waals surface area contributed by atoms with Crippen LogP contribution < -0.4 is 9.47 Å². The fourth-order valence-corrected chi connectivity index (χ4v) is 7.62. The Balaban J connectivity index is 1.65. The summed E-state index contributed by atoms with van der Waals surface area (Å²) in [6.07, 6.45) is 2.44. The van der Waals surface area contributed by atoms with Gasteiger partial charge in [-0.1, -0.05) is 57.5 Å². The van der Waals surface area contributed by atoms with Gasteiger partial charge in [-0.3, -0.25) is 9.59 Å². The molecule has 0 radical (unpaired) electrons. The Morgan fingerprint density at radius 2 is 1.52 bits per heavy atom. The fraction of sp³-hybridized carbons (Fsp3) is 0.486. The average molecular weight is 684 g/mol. The van der Waals surface area contributed by atoms with E-state index in [9.17, 15) is 9.59 Å². The Morgan fingerprint density at radius 1 is 0.905 bits per heavy atom. The van der Waals surface area contributed by atoms with Crippen LogP contribution >= 0.6 is 22.6 Å². The van der Waals surface area contributed by atoms with E-state index in [1.165, 1.54) is 5.56 Å². The molecule has 0 spiro atoms. The van der Waals surface area contributed by atoms with Gasteiger partial charge in [0, 0.05) is 55.0 Å². The molecule has 0 saturated carbocycles. The van der Waals surface area contributed by atoms with Crippen LogP contribution in [0.3, 0.4) is 0 Å². The predicted octanol–water partition coefficient (Wildman–Crippen LogP) is 7.52. The van der Waals surface area contributed by atoms with Gasteiger partial charge in [-0.15, -0.1) is 0 Å². The van der Waals surface area contributed by atoms with Crippen molar-refractivity contribution in [3.05, 3.63) is 79.2 Å². The molecule has 0 N–H and O–H groups in total. The first-order chi connectivity index (χ1) is 19.8. The molecule has 1 heterocycles. The highest BCUT2D eigenvalue weighted by Crippen LogP contribution is 2.55. The van der Waals surface area contributed by atoms with Crippen molar-refractivity contribution in [2.75, 3.05) is 27.4 Å². The molecule has 2 aliphatic carbocycles. The maximum atomic E-state index is 14.0. The van der Waals surface area contributed by atoms with Crippen LogP contribution in [0.1, 0.15) is 76.0 Å². The average Bonchev–Trinajstić information content (AvgIpc) is 2.89. The summed E-state index contributed by atoms with van der Waals surface area (Å²) in [5, 5.41) is 0. The highest BCUT2D eigenvalue weighted by atomic mass is 127. The van der Waals surface area contributed by atoms with E-state index in [1.54, 1.807) is 14.2 Å². The minimum absolute atomic E-state index is 0.117. The van der Waals surface area contributed by atoms with Crippen LogP contribution in [-0.4, -0.2) is 43.8 Å². The summed E-state index contributed by atoms with van der Waals surface area (Å²) in [6.45, 7) is 12.2. The third-order valence-electron chi connectivity index (χ3n) is 8.59. The van der Waals surface area contributed by atoms with Crippen LogP contribution in [0.2, 0.25) is 0 Å². The van der Waals surface area contributed by atoms with Gasteiger partial charge in [0.1, 0.15) is 6.61 Å². The molecular weight excluding hydrogens is 641 g/mol. The van der Waals surface area contributed by atoms with Crippen LogP contribution in [0, 0.1) is 21.3 Å². The number of ketones is 2. The number of allylic oxidation sites excluding steroid dienone is 4. The zero-order chi connectivity index (χ0) is 30.4. The number of hydrogen-bond donors (Lipinski definition) is 0. The van der Waals surface area contributed by atoms with Gasteiger partial charge in [-0.25, -0.2) is 0 Å². The van der Waals surface area contributed by atoms with E-state index in [2.05, 4.69) is 80.3 Å². The second-order valence-corrected chi connectivity index (χ2v) is 14.7. The Morgan fingerprint density at radius 3 is 2.07 bits per heavy atom. The van der Waals surface area contributed by atoms with E-state index in [1.807, 2.05) is 18.2 Å². The third-order valence-corrected chi connectivity index (χ3v) is 9.39. The van der Waals surface area contributed by atoms with Gasteiger partial charge in [0.05, 0.1) is 17.3 Å². The van der Waals surface area contributed by atoms with Crippen molar-refractivity contribution in [2.45, 2.75) is 72.8 Å². The molecule has 5 rings (SSSR count). The molecule has 6 nitrogen and oxygen atoms in total. The zero-order valence-electron chi connectivity index (χ0n) is 25.9. The number of aryl methyl sites for hydroxylation is 1. The molecule has 0 unspecified atom stereocenters. The highest BCUT2D eigenvalue weighted by molar-refractivity contribution is 14.1. The second-order valence-electron chi connectivity index (χ2n) is 13.5. The van der Waals surface area contributed by atoms with Gasteiger partial charge in [-0.05, 0) is 76.4 Å². The van der Waals surface area contributed by atoms with Gasteiger partial charge in [-0.2, -0.15) is 0 Å². The molecular formula is C35H42INO5. The summed E-state index contributed by atoms with van der Waals surface area (Å²) in [7, 11) is 3.33. The lowest BCUT2D eigenvalue weighted by atomic mass is 9.63. The number of methoxy groups -OCH3 is 2. The number of benzene rings is 2. The number of nitrogens with zero attached hydrogens (tertiary/aromatic N) is 1. The van der Waals surface area contributed by atoms with Crippen LogP contribution in [0.15, 0.2) is 58.9 Å². The summed E-state index contributed by atoms with van der Waals surface area (Å²) >= 11 is 2.29. The number of carbonyl (C=O) groups excluding carboxylic acids is 2. The summed E-state index contributed by atoms with van der Waals surface area (Å²) in [6, 6.07) is 12.3. The minimum atomic E-state index is -0.436. The number of ether oxygens (including phenoxy) is 3. The molecule has 2 aromatic carbocycles. The third kappa shape index (κ3) is 6.05. The molecule has 42 heavy (non-hydrogen) atoms. The van der Waals surface area contributed by atoms with E-state index in [0.717, 1.165) is 50.1 Å². The zero-order valence-corrected chi connectivity index (χ0v) is 28.0. The van der Waals surface area contributed by atoms with E-state index < -0.39 is 5.92 Å². The Labute approximate surface area is 263 Å². The summed E-state index contributed by atoms with van der Waals surface area (Å²) in [5.74, 6) is 1.06. The molecule has 0 amide bonds. The van der Waals surface area contributed by atoms with Crippen molar-refractivity contribution in [3.8, 4) is 11.5 Å². The largest absolute Gasteiger partial charge is 0.493 e.